The van der Waals surface area contributed by atoms with E-state index in [-0.39, 0.29) is 29.3 Å². The van der Waals surface area contributed by atoms with Crippen LogP contribution >= 0.6 is 0 Å². The Morgan fingerprint density at radius 1 is 1.05 bits per heavy atom. The summed E-state index contributed by atoms with van der Waals surface area (Å²) in [7, 11) is 0. The molecule has 0 saturated heterocycles. The fourth-order valence-electron chi connectivity index (χ4n) is 4.61. The summed E-state index contributed by atoms with van der Waals surface area (Å²) in [6.45, 7) is 1.65. The van der Waals surface area contributed by atoms with Gasteiger partial charge in [0, 0.05) is 24.6 Å². The Balaban J connectivity index is 1.86. The Hall–Kier alpha value is -3.70. The molecule has 0 radical (unpaired) electrons. The predicted octanol–water partition coefficient (Wildman–Crippen LogP) is 6.23. The quantitative estimate of drug-likeness (QED) is 0.315. The van der Waals surface area contributed by atoms with E-state index in [1.165, 1.54) is 12.1 Å². The predicted molar refractivity (Wildman–Crippen MR) is 124 cm³/mol. The van der Waals surface area contributed by atoms with Crippen molar-refractivity contribution in [3.05, 3.63) is 82.7 Å². The maximum absolute atomic E-state index is 14.8. The fourth-order valence-corrected chi connectivity index (χ4v) is 4.61. The highest BCUT2D eigenvalue weighted by molar-refractivity contribution is 5.76. The molecule has 1 aliphatic carbocycles. The van der Waals surface area contributed by atoms with Gasteiger partial charge in [0.15, 0.2) is 0 Å². The zero-order valence-electron chi connectivity index (χ0n) is 20.2. The second-order valence-corrected chi connectivity index (χ2v) is 9.24. The molecule has 2 amide bonds. The lowest BCUT2D eigenvalue weighted by molar-refractivity contribution is -0.253. The molecule has 38 heavy (non-hydrogen) atoms. The number of halogens is 6. The normalized spacial score (nSPS) is 15.9. The third-order valence-corrected chi connectivity index (χ3v) is 6.34. The molecule has 3 aromatic rings. The third kappa shape index (κ3) is 6.22. The van der Waals surface area contributed by atoms with Crippen LogP contribution in [0.3, 0.4) is 0 Å². The van der Waals surface area contributed by atoms with E-state index in [1.807, 2.05) is 0 Å². The molecule has 4 rings (SSSR count). The van der Waals surface area contributed by atoms with Crippen molar-refractivity contribution in [2.45, 2.75) is 63.1 Å². The van der Waals surface area contributed by atoms with E-state index in [2.05, 4.69) is 20.5 Å². The number of urea groups is 1. The van der Waals surface area contributed by atoms with Gasteiger partial charge in [-0.25, -0.2) is 13.6 Å². The first-order valence-corrected chi connectivity index (χ1v) is 11.9. The van der Waals surface area contributed by atoms with E-state index in [9.17, 15) is 31.1 Å². The molecule has 0 unspecified atom stereocenters. The molecule has 0 bridgehead atoms. The fraction of sp³-hybridized carbons (Fsp3) is 0.385. The lowest BCUT2D eigenvalue weighted by atomic mass is 9.79. The van der Waals surface area contributed by atoms with Crippen LogP contribution < -0.4 is 15.4 Å². The first-order chi connectivity index (χ1) is 18.0. The number of rotatable bonds is 9. The molecule has 1 saturated carbocycles. The summed E-state index contributed by atoms with van der Waals surface area (Å²) >= 11 is 0. The highest BCUT2D eigenvalue weighted by Crippen LogP contribution is 2.38. The standard InChI is InChI=1S/C26H25F6N3O3/c1-15-10-22(38-35-15)14-25(16-6-8-18(27)9-7-16,34-24(36)33-20-4-2-3-5-20)17-11-19(28)13-21(12-17)37-26(31,32)23(29)30/h6-13,20,23H,2-5,14H2,1H3,(H2,33,34,36)/t25-/m1/s1. The molecular formula is C26H25F6N3O3. The van der Waals surface area contributed by atoms with Gasteiger partial charge in [-0.2, -0.15) is 17.6 Å². The van der Waals surface area contributed by atoms with Gasteiger partial charge in [0.05, 0.1) is 11.2 Å². The van der Waals surface area contributed by atoms with Crippen molar-refractivity contribution in [3.63, 3.8) is 0 Å². The van der Waals surface area contributed by atoms with Crippen LogP contribution in [0.15, 0.2) is 53.1 Å². The van der Waals surface area contributed by atoms with Gasteiger partial charge in [-0.05, 0) is 55.2 Å². The number of carbonyl (C=O) groups is 1. The number of nitrogens with one attached hydrogen (secondary N) is 2. The monoisotopic (exact) mass is 541 g/mol. The molecule has 0 spiro atoms. The van der Waals surface area contributed by atoms with E-state index in [1.54, 1.807) is 13.0 Å². The average molecular weight is 541 g/mol. The first-order valence-electron chi connectivity index (χ1n) is 11.9. The largest absolute Gasteiger partial charge is 0.461 e. The van der Waals surface area contributed by atoms with Crippen molar-refractivity contribution in [2.24, 2.45) is 0 Å². The van der Waals surface area contributed by atoms with Crippen LogP contribution in [-0.4, -0.2) is 29.8 Å². The summed E-state index contributed by atoms with van der Waals surface area (Å²) in [5.74, 6) is -2.38. The van der Waals surface area contributed by atoms with Crippen LogP contribution in [0.2, 0.25) is 0 Å². The number of nitrogens with zero attached hydrogens (tertiary/aromatic N) is 1. The van der Waals surface area contributed by atoms with Gasteiger partial charge in [0.25, 0.3) is 0 Å². The lowest BCUT2D eigenvalue weighted by Crippen LogP contribution is -2.53. The molecule has 0 aliphatic heterocycles. The highest BCUT2D eigenvalue weighted by Gasteiger charge is 2.45. The van der Waals surface area contributed by atoms with Gasteiger partial charge in [-0.15, -0.1) is 0 Å². The number of hydrogen-bond acceptors (Lipinski definition) is 4. The van der Waals surface area contributed by atoms with E-state index >= 15 is 0 Å². The van der Waals surface area contributed by atoms with E-state index in [0.717, 1.165) is 49.9 Å². The van der Waals surface area contributed by atoms with Crippen LogP contribution in [0, 0.1) is 18.6 Å². The van der Waals surface area contributed by atoms with Gasteiger partial charge in [0.2, 0.25) is 0 Å². The summed E-state index contributed by atoms with van der Waals surface area (Å²) in [4.78, 5) is 13.2. The average Bonchev–Trinajstić information content (AvgIpc) is 3.49. The Kier molecular flexibility index (Phi) is 7.89. The summed E-state index contributed by atoms with van der Waals surface area (Å²) in [5.41, 5.74) is -1.17. The highest BCUT2D eigenvalue weighted by atomic mass is 19.3. The van der Waals surface area contributed by atoms with Crippen LogP contribution in [0.1, 0.15) is 48.3 Å². The van der Waals surface area contributed by atoms with Crippen molar-refractivity contribution in [2.75, 3.05) is 0 Å². The number of ether oxygens (including phenoxy) is 1. The second-order valence-electron chi connectivity index (χ2n) is 9.24. The zero-order chi connectivity index (χ0) is 27.5. The van der Waals surface area contributed by atoms with E-state index < -0.39 is 41.5 Å². The van der Waals surface area contributed by atoms with Crippen LogP contribution in [-0.2, 0) is 12.0 Å². The molecule has 204 valence electrons. The smallest absolute Gasteiger partial charge is 0.428 e. The van der Waals surface area contributed by atoms with Crippen LogP contribution in [0.25, 0.3) is 0 Å². The van der Waals surface area contributed by atoms with Gasteiger partial charge >= 0.3 is 18.6 Å². The Bertz CT molecular complexity index is 1260. The number of alkyl halides is 4. The van der Waals surface area contributed by atoms with Gasteiger partial charge in [-0.1, -0.05) is 30.1 Å². The van der Waals surface area contributed by atoms with Gasteiger partial charge < -0.3 is 19.9 Å². The zero-order valence-corrected chi connectivity index (χ0v) is 20.2. The number of hydrogen-bond donors (Lipinski definition) is 2. The topological polar surface area (TPSA) is 76.4 Å². The number of aromatic nitrogens is 1. The molecular weight excluding hydrogens is 516 g/mol. The summed E-state index contributed by atoms with van der Waals surface area (Å²) in [6, 6.07) is 8.01. The Morgan fingerprint density at radius 3 is 2.34 bits per heavy atom. The SMILES string of the molecule is Cc1cc(C[C@@](NC(=O)NC2CCCC2)(c2ccc(F)cc2)c2cc(F)cc(OC(F)(F)C(F)F)c2)on1. The number of carbonyl (C=O) groups excluding carboxylic acids is 1. The van der Waals surface area contributed by atoms with E-state index in [4.69, 9.17) is 4.52 Å². The van der Waals surface area contributed by atoms with Gasteiger partial charge in [0.1, 0.15) is 23.1 Å². The molecule has 2 N–H and O–H groups in total. The molecule has 1 atom stereocenters. The molecule has 1 fully saturated rings. The van der Waals surface area contributed by atoms with Crippen molar-refractivity contribution in [1.82, 2.24) is 15.8 Å². The Labute approximate surface area is 214 Å². The van der Waals surface area contributed by atoms with Crippen molar-refractivity contribution >= 4 is 6.03 Å². The molecule has 1 heterocycles. The minimum absolute atomic E-state index is 0.121. The molecule has 1 aromatic heterocycles. The van der Waals surface area contributed by atoms with E-state index in [0.29, 0.717) is 11.8 Å². The summed E-state index contributed by atoms with van der Waals surface area (Å²) in [5, 5.41) is 9.46. The van der Waals surface area contributed by atoms with Gasteiger partial charge in [-0.3, -0.25) is 0 Å². The maximum Gasteiger partial charge on any atom is 0.461 e. The van der Waals surface area contributed by atoms with Crippen molar-refractivity contribution in [1.29, 1.82) is 0 Å². The molecule has 6 nitrogen and oxygen atoms in total. The summed E-state index contributed by atoms with van der Waals surface area (Å²) < 4.78 is 91.2. The Morgan fingerprint density at radius 2 is 1.74 bits per heavy atom. The lowest BCUT2D eigenvalue weighted by Gasteiger charge is -2.36. The van der Waals surface area contributed by atoms with Crippen LogP contribution in [0.4, 0.5) is 31.1 Å². The summed E-state index contributed by atoms with van der Waals surface area (Å²) in [6.07, 6.45) is -5.95. The van der Waals surface area contributed by atoms with Crippen molar-refractivity contribution < 1.29 is 40.4 Å². The molecule has 12 heteroatoms. The number of amides is 2. The molecule has 1 aliphatic rings. The second kappa shape index (κ2) is 11.0. The third-order valence-electron chi connectivity index (χ3n) is 6.34. The van der Waals surface area contributed by atoms with Crippen molar-refractivity contribution in [3.8, 4) is 5.75 Å². The minimum Gasteiger partial charge on any atom is -0.428 e. The number of benzene rings is 2. The first kappa shape index (κ1) is 27.3. The molecule has 2 aromatic carbocycles. The number of aryl methyl sites for hydroxylation is 1. The maximum atomic E-state index is 14.8. The van der Waals surface area contributed by atoms with Crippen LogP contribution in [0.5, 0.6) is 5.75 Å². The minimum atomic E-state index is -4.90.